The summed E-state index contributed by atoms with van der Waals surface area (Å²) in [6.45, 7) is 4.91. The third kappa shape index (κ3) is 4.58. The van der Waals surface area contributed by atoms with E-state index in [1.54, 1.807) is 6.07 Å². The van der Waals surface area contributed by atoms with Crippen LogP contribution in [0.1, 0.15) is 5.69 Å². The van der Waals surface area contributed by atoms with Crippen molar-refractivity contribution < 1.29 is 10.2 Å². The number of aryl methyl sites for hydroxylation is 1. The monoisotopic (exact) mass is 246 g/mol. The van der Waals surface area contributed by atoms with Gasteiger partial charge in [-0.05, 0) is 19.1 Å². The number of nitrogens with zero attached hydrogens (tertiary/aromatic N) is 1. The summed E-state index contributed by atoms with van der Waals surface area (Å²) in [6.07, 6.45) is 1.32. The van der Waals surface area contributed by atoms with Gasteiger partial charge in [-0.2, -0.15) is 0 Å². The van der Waals surface area contributed by atoms with Gasteiger partial charge in [0.1, 0.15) is 17.9 Å². The lowest BCUT2D eigenvalue weighted by atomic mass is 10.2. The van der Waals surface area contributed by atoms with Gasteiger partial charge in [-0.3, -0.25) is 0 Å². The van der Waals surface area contributed by atoms with Crippen molar-refractivity contribution in [3.8, 4) is 5.75 Å². The molecular weight excluding hydrogens is 229 g/mol. The Labute approximate surface area is 112 Å². The molecule has 0 amide bonds. The number of aromatic nitrogens is 1. The minimum Gasteiger partial charge on any atom is -0.506 e. The molecule has 17 heavy (non-hydrogen) atoms. The number of hydrogen-bond donors (Lipinski definition) is 1. The molecule has 1 radical (unpaired) electrons. The average Bonchev–Trinajstić information content (AvgIpc) is 2.31. The Hall–Kier alpha value is -1.34. The Bertz CT molecular complexity index is 486. The van der Waals surface area contributed by atoms with E-state index in [1.807, 2.05) is 31.2 Å². The summed E-state index contributed by atoms with van der Waals surface area (Å²) in [6, 6.07) is 9.28. The number of aromatic hydroxyl groups is 1. The van der Waals surface area contributed by atoms with Crippen LogP contribution in [0.15, 0.2) is 43.0 Å². The van der Waals surface area contributed by atoms with E-state index >= 15 is 0 Å². The molecule has 0 aliphatic heterocycles. The van der Waals surface area contributed by atoms with Gasteiger partial charge in [0.15, 0.2) is 17.4 Å². The minimum absolute atomic E-state index is 0. The van der Waals surface area contributed by atoms with Crippen molar-refractivity contribution in [2.75, 3.05) is 6.61 Å². The molecule has 0 atom stereocenters. The van der Waals surface area contributed by atoms with Crippen LogP contribution in [0.25, 0.3) is 10.9 Å². The maximum atomic E-state index is 9.43. The van der Waals surface area contributed by atoms with Crippen LogP contribution in [0.2, 0.25) is 0 Å². The molecule has 2 aromatic rings. The van der Waals surface area contributed by atoms with Crippen molar-refractivity contribution in [3.63, 3.8) is 0 Å². The van der Waals surface area contributed by atoms with E-state index in [-0.39, 0.29) is 29.7 Å². The largest absolute Gasteiger partial charge is 0.506 e. The van der Waals surface area contributed by atoms with Crippen molar-refractivity contribution >= 4 is 28.3 Å². The van der Waals surface area contributed by atoms with Crippen LogP contribution in [-0.4, -0.2) is 34.1 Å². The number of benzene rings is 1. The highest BCUT2D eigenvalue weighted by atomic mass is 27.0. The molecular formula is C13H17AlNO2. The van der Waals surface area contributed by atoms with Gasteiger partial charge >= 0.3 is 0 Å². The van der Waals surface area contributed by atoms with Crippen molar-refractivity contribution in [2.45, 2.75) is 6.92 Å². The quantitative estimate of drug-likeness (QED) is 0.614. The van der Waals surface area contributed by atoms with E-state index in [0.29, 0.717) is 5.52 Å². The highest BCUT2D eigenvalue weighted by Crippen LogP contribution is 2.21. The molecule has 0 saturated carbocycles. The lowest BCUT2D eigenvalue weighted by Gasteiger charge is -1.99. The van der Waals surface area contributed by atoms with E-state index < -0.39 is 0 Å². The first-order valence-corrected chi connectivity index (χ1v) is 4.93. The smallest absolute Gasteiger partial charge is 0.187 e. The molecule has 1 aromatic heterocycles. The number of pyridine rings is 1. The van der Waals surface area contributed by atoms with E-state index in [0.717, 1.165) is 11.1 Å². The Morgan fingerprint density at radius 1 is 1.35 bits per heavy atom. The third-order valence-electron chi connectivity index (χ3n) is 1.96. The van der Waals surface area contributed by atoms with E-state index in [4.69, 9.17) is 0 Å². The lowest BCUT2D eigenvalue weighted by molar-refractivity contribution is 0.232. The summed E-state index contributed by atoms with van der Waals surface area (Å²) in [7, 11) is 0. The zero-order chi connectivity index (χ0) is 12.0. The molecule has 3 nitrogen and oxygen atoms in total. The Balaban J connectivity index is 0.000000453. The molecule has 1 N–H and O–H groups in total. The first-order valence-electron chi connectivity index (χ1n) is 4.93. The summed E-state index contributed by atoms with van der Waals surface area (Å²) in [4.78, 5) is 4.23. The summed E-state index contributed by atoms with van der Waals surface area (Å²) >= 11 is 0. The van der Waals surface area contributed by atoms with Gasteiger partial charge in [0, 0.05) is 11.1 Å². The number of phenols is 1. The van der Waals surface area contributed by atoms with E-state index in [1.165, 1.54) is 6.08 Å². The number of para-hydroxylation sites is 1. The molecule has 0 aliphatic rings. The van der Waals surface area contributed by atoms with Gasteiger partial charge in [0.2, 0.25) is 0 Å². The second-order valence-electron chi connectivity index (χ2n) is 3.26. The van der Waals surface area contributed by atoms with Crippen LogP contribution in [0.3, 0.4) is 0 Å². The summed E-state index contributed by atoms with van der Waals surface area (Å²) < 4.78 is 0. The Morgan fingerprint density at radius 3 is 2.59 bits per heavy atom. The first kappa shape index (κ1) is 15.7. The topological polar surface area (TPSA) is 53.0 Å². The standard InChI is InChI=1S/C10H9NO.C3H5O.Al.3H/c1-7-5-6-8-3-2-4-9(12)10(8)11-7;1-2-3-4;;;;/h2-6,12H,1H3;2H,1,3H2;;;;. The van der Waals surface area contributed by atoms with Crippen molar-refractivity contribution in [2.24, 2.45) is 0 Å². The van der Waals surface area contributed by atoms with Gasteiger partial charge < -0.3 is 5.11 Å². The maximum Gasteiger partial charge on any atom is 0.187 e. The van der Waals surface area contributed by atoms with Gasteiger partial charge in [0.05, 0.1) is 0 Å². The van der Waals surface area contributed by atoms with Crippen molar-refractivity contribution in [1.29, 1.82) is 0 Å². The number of rotatable bonds is 1. The second kappa shape index (κ2) is 7.86. The van der Waals surface area contributed by atoms with Gasteiger partial charge in [-0.1, -0.05) is 24.3 Å². The average molecular weight is 246 g/mol. The zero-order valence-corrected chi connectivity index (χ0v) is 9.18. The summed E-state index contributed by atoms with van der Waals surface area (Å²) in [5.41, 5.74) is 1.60. The highest BCUT2D eigenvalue weighted by Gasteiger charge is 1.98. The molecule has 0 fully saturated rings. The number of hydrogen-bond acceptors (Lipinski definition) is 2. The normalized spacial score (nSPS) is 8.82. The van der Waals surface area contributed by atoms with Crippen LogP contribution >= 0.6 is 0 Å². The SMILES string of the molecule is C=CC[O].Cc1ccc2cccc(O)c2n1.[AlH3]. The molecule has 4 heteroatoms. The predicted molar refractivity (Wildman–Crippen MR) is 73.8 cm³/mol. The minimum atomic E-state index is -0.167. The van der Waals surface area contributed by atoms with Gasteiger partial charge in [0.25, 0.3) is 0 Å². The van der Waals surface area contributed by atoms with Crippen LogP contribution in [-0.2, 0) is 5.11 Å². The maximum absolute atomic E-state index is 9.43. The molecule has 0 aliphatic carbocycles. The van der Waals surface area contributed by atoms with Gasteiger partial charge in [-0.25, -0.2) is 10.1 Å². The van der Waals surface area contributed by atoms with Gasteiger partial charge in [-0.15, -0.1) is 6.58 Å². The number of phenolic OH excluding ortho intramolecular Hbond substituents is 1. The Morgan fingerprint density at radius 2 is 2.00 bits per heavy atom. The van der Waals surface area contributed by atoms with Crippen molar-refractivity contribution in [1.82, 2.24) is 4.98 Å². The van der Waals surface area contributed by atoms with Crippen LogP contribution in [0.4, 0.5) is 0 Å². The van der Waals surface area contributed by atoms with Crippen LogP contribution < -0.4 is 0 Å². The first-order chi connectivity index (χ1) is 7.69. The summed E-state index contributed by atoms with van der Waals surface area (Å²) in [5, 5.41) is 19.6. The molecule has 0 spiro atoms. The van der Waals surface area contributed by atoms with Crippen molar-refractivity contribution in [3.05, 3.63) is 48.7 Å². The van der Waals surface area contributed by atoms with Crippen LogP contribution in [0.5, 0.6) is 5.75 Å². The van der Waals surface area contributed by atoms with E-state index in [2.05, 4.69) is 11.6 Å². The molecule has 1 aromatic carbocycles. The lowest BCUT2D eigenvalue weighted by Crippen LogP contribution is -1.82. The molecule has 0 saturated heterocycles. The fourth-order valence-electron chi connectivity index (χ4n) is 1.23. The fourth-order valence-corrected chi connectivity index (χ4v) is 1.23. The Kier molecular flexibility index (Phi) is 7.24. The zero-order valence-electron chi connectivity index (χ0n) is 9.18. The molecule has 89 valence electrons. The third-order valence-corrected chi connectivity index (χ3v) is 1.96. The molecule has 0 bridgehead atoms. The second-order valence-corrected chi connectivity index (χ2v) is 3.26. The molecule has 1 heterocycles. The fraction of sp³-hybridized carbons (Fsp3) is 0.154. The van der Waals surface area contributed by atoms with E-state index in [9.17, 15) is 10.2 Å². The molecule has 0 unspecified atom stereocenters. The number of fused-ring (bicyclic) bond motifs is 1. The highest BCUT2D eigenvalue weighted by molar-refractivity contribution is 5.84. The predicted octanol–water partition coefficient (Wildman–Crippen LogP) is 1.67. The molecule has 2 rings (SSSR count). The van der Waals surface area contributed by atoms with Crippen LogP contribution in [0, 0.1) is 6.92 Å². The summed E-state index contributed by atoms with van der Waals surface area (Å²) in [5.74, 6) is 0.246.